The van der Waals surface area contributed by atoms with Crippen LogP contribution in [0.2, 0.25) is 0 Å². The average Bonchev–Trinajstić information content (AvgIpc) is 2.79. The largest absolute Gasteiger partial charge is 0.381 e. The maximum absolute atomic E-state index is 5.42. The Labute approximate surface area is 99.5 Å². The molecule has 0 radical (unpaired) electrons. The first-order valence-electron chi connectivity index (χ1n) is 6.78. The zero-order valence-corrected chi connectivity index (χ0v) is 10.8. The Balaban J connectivity index is 1.81. The normalized spacial score (nSPS) is 33.4. The van der Waals surface area contributed by atoms with E-state index in [1.54, 1.807) is 0 Å². The van der Waals surface area contributed by atoms with Gasteiger partial charge in [-0.25, -0.2) is 0 Å². The molecule has 2 aliphatic rings. The standard InChI is InChI=1S/C13H26N2O/c1-3-13(7-4-8-14-13)11-15-9-5-12(16-2)6-10-15/h12,14H,3-11H2,1-2H3. The van der Waals surface area contributed by atoms with Crippen LogP contribution in [0.4, 0.5) is 0 Å². The molecule has 0 aromatic heterocycles. The van der Waals surface area contributed by atoms with Crippen LogP contribution < -0.4 is 5.32 Å². The molecule has 3 heteroatoms. The molecule has 2 saturated heterocycles. The highest BCUT2D eigenvalue weighted by atomic mass is 16.5. The third-order valence-corrected chi connectivity index (χ3v) is 4.40. The molecule has 3 nitrogen and oxygen atoms in total. The van der Waals surface area contributed by atoms with Gasteiger partial charge >= 0.3 is 0 Å². The third kappa shape index (κ3) is 2.76. The summed E-state index contributed by atoms with van der Waals surface area (Å²) in [6.45, 7) is 7.19. The van der Waals surface area contributed by atoms with Crippen LogP contribution >= 0.6 is 0 Å². The summed E-state index contributed by atoms with van der Waals surface area (Å²) in [6.07, 6.45) is 6.88. The SMILES string of the molecule is CCC1(CN2CCC(OC)CC2)CCCN1. The van der Waals surface area contributed by atoms with E-state index in [0.29, 0.717) is 11.6 Å². The topological polar surface area (TPSA) is 24.5 Å². The fourth-order valence-electron chi connectivity index (χ4n) is 3.15. The van der Waals surface area contributed by atoms with Crippen molar-refractivity contribution in [3.63, 3.8) is 0 Å². The number of hydrogen-bond donors (Lipinski definition) is 1. The number of likely N-dealkylation sites (tertiary alicyclic amines) is 1. The van der Waals surface area contributed by atoms with Gasteiger partial charge in [-0.1, -0.05) is 6.92 Å². The molecule has 16 heavy (non-hydrogen) atoms. The Morgan fingerprint density at radius 3 is 2.62 bits per heavy atom. The second-order valence-corrected chi connectivity index (χ2v) is 5.38. The lowest BCUT2D eigenvalue weighted by Gasteiger charge is -2.38. The van der Waals surface area contributed by atoms with Crippen LogP contribution in [0.1, 0.15) is 39.0 Å². The molecule has 0 aromatic carbocycles. The molecule has 1 unspecified atom stereocenters. The van der Waals surface area contributed by atoms with E-state index in [0.717, 1.165) is 0 Å². The van der Waals surface area contributed by atoms with Gasteiger partial charge in [0.2, 0.25) is 0 Å². The molecule has 1 N–H and O–H groups in total. The predicted octanol–water partition coefficient (Wildman–Crippen LogP) is 1.63. The summed E-state index contributed by atoms with van der Waals surface area (Å²) < 4.78 is 5.42. The van der Waals surface area contributed by atoms with Crippen LogP contribution in [0.25, 0.3) is 0 Å². The lowest BCUT2D eigenvalue weighted by atomic mass is 9.92. The summed E-state index contributed by atoms with van der Waals surface area (Å²) >= 11 is 0. The molecule has 2 fully saturated rings. The van der Waals surface area contributed by atoms with Gasteiger partial charge in [-0.05, 0) is 38.6 Å². The summed E-state index contributed by atoms with van der Waals surface area (Å²) in [4.78, 5) is 2.62. The van der Waals surface area contributed by atoms with Gasteiger partial charge in [0.1, 0.15) is 0 Å². The summed E-state index contributed by atoms with van der Waals surface area (Å²) in [7, 11) is 1.84. The monoisotopic (exact) mass is 226 g/mol. The highest BCUT2D eigenvalue weighted by Crippen LogP contribution is 2.25. The van der Waals surface area contributed by atoms with E-state index < -0.39 is 0 Å². The fourth-order valence-corrected chi connectivity index (χ4v) is 3.15. The molecule has 0 saturated carbocycles. The Bertz CT molecular complexity index is 206. The lowest BCUT2D eigenvalue weighted by Crippen LogP contribution is -2.51. The summed E-state index contributed by atoms with van der Waals surface area (Å²) in [5.74, 6) is 0. The van der Waals surface area contributed by atoms with Crippen molar-refractivity contribution in [1.29, 1.82) is 0 Å². The maximum atomic E-state index is 5.42. The molecule has 0 aliphatic carbocycles. The molecule has 2 aliphatic heterocycles. The first kappa shape index (κ1) is 12.3. The van der Waals surface area contributed by atoms with E-state index in [9.17, 15) is 0 Å². The van der Waals surface area contributed by atoms with Crippen LogP contribution in [0, 0.1) is 0 Å². The molecule has 2 heterocycles. The van der Waals surface area contributed by atoms with Crippen molar-refractivity contribution in [2.24, 2.45) is 0 Å². The first-order chi connectivity index (χ1) is 7.78. The Hall–Kier alpha value is -0.120. The van der Waals surface area contributed by atoms with Crippen LogP contribution in [0.5, 0.6) is 0 Å². The molecule has 2 rings (SSSR count). The van der Waals surface area contributed by atoms with Crippen molar-refractivity contribution in [2.75, 3.05) is 33.3 Å². The van der Waals surface area contributed by atoms with E-state index in [4.69, 9.17) is 4.74 Å². The zero-order valence-electron chi connectivity index (χ0n) is 10.8. The van der Waals surface area contributed by atoms with Crippen molar-refractivity contribution in [3.8, 4) is 0 Å². The van der Waals surface area contributed by atoms with Crippen LogP contribution in [0.3, 0.4) is 0 Å². The Morgan fingerprint density at radius 1 is 1.38 bits per heavy atom. The number of nitrogens with zero attached hydrogens (tertiary/aromatic N) is 1. The molecule has 0 aromatic rings. The van der Waals surface area contributed by atoms with E-state index in [1.165, 1.54) is 58.3 Å². The van der Waals surface area contributed by atoms with Gasteiger partial charge in [0.05, 0.1) is 6.10 Å². The lowest BCUT2D eigenvalue weighted by molar-refractivity contribution is 0.0326. The van der Waals surface area contributed by atoms with Crippen LogP contribution in [-0.4, -0.2) is 49.8 Å². The number of nitrogens with one attached hydrogen (secondary N) is 1. The Morgan fingerprint density at radius 2 is 2.12 bits per heavy atom. The number of piperidine rings is 1. The van der Waals surface area contributed by atoms with Crippen molar-refractivity contribution in [2.45, 2.75) is 50.7 Å². The van der Waals surface area contributed by atoms with Gasteiger partial charge in [0.25, 0.3) is 0 Å². The fraction of sp³-hybridized carbons (Fsp3) is 1.00. The molecule has 0 spiro atoms. The first-order valence-corrected chi connectivity index (χ1v) is 6.78. The summed E-state index contributed by atoms with van der Waals surface area (Å²) in [5, 5.41) is 3.72. The van der Waals surface area contributed by atoms with Gasteiger partial charge in [-0.3, -0.25) is 0 Å². The second-order valence-electron chi connectivity index (χ2n) is 5.38. The third-order valence-electron chi connectivity index (χ3n) is 4.40. The van der Waals surface area contributed by atoms with Gasteiger partial charge in [0, 0.05) is 32.3 Å². The average molecular weight is 226 g/mol. The maximum Gasteiger partial charge on any atom is 0.0595 e. The van der Waals surface area contributed by atoms with Crippen LogP contribution in [-0.2, 0) is 4.74 Å². The van der Waals surface area contributed by atoms with E-state index in [-0.39, 0.29) is 0 Å². The van der Waals surface area contributed by atoms with Crippen LogP contribution in [0.15, 0.2) is 0 Å². The molecule has 0 bridgehead atoms. The number of hydrogen-bond acceptors (Lipinski definition) is 3. The summed E-state index contributed by atoms with van der Waals surface area (Å²) in [5.41, 5.74) is 0.417. The molecule has 1 atom stereocenters. The molecule has 0 amide bonds. The van der Waals surface area contributed by atoms with Gasteiger partial charge in [0.15, 0.2) is 0 Å². The smallest absolute Gasteiger partial charge is 0.0595 e. The van der Waals surface area contributed by atoms with Crippen molar-refractivity contribution < 1.29 is 4.74 Å². The Kier molecular flexibility index (Phi) is 4.22. The molecular weight excluding hydrogens is 200 g/mol. The quantitative estimate of drug-likeness (QED) is 0.788. The molecule has 94 valence electrons. The van der Waals surface area contributed by atoms with Crippen molar-refractivity contribution >= 4 is 0 Å². The van der Waals surface area contributed by atoms with E-state index >= 15 is 0 Å². The van der Waals surface area contributed by atoms with E-state index in [2.05, 4.69) is 17.1 Å². The van der Waals surface area contributed by atoms with E-state index in [1.807, 2.05) is 7.11 Å². The minimum atomic E-state index is 0.417. The number of ether oxygens (including phenoxy) is 1. The number of methoxy groups -OCH3 is 1. The van der Waals surface area contributed by atoms with Gasteiger partial charge in [-0.15, -0.1) is 0 Å². The predicted molar refractivity (Wildman–Crippen MR) is 66.7 cm³/mol. The minimum absolute atomic E-state index is 0.417. The van der Waals surface area contributed by atoms with Crippen molar-refractivity contribution in [3.05, 3.63) is 0 Å². The van der Waals surface area contributed by atoms with Gasteiger partial charge in [-0.2, -0.15) is 0 Å². The molecular formula is C13H26N2O. The summed E-state index contributed by atoms with van der Waals surface area (Å²) in [6, 6.07) is 0. The van der Waals surface area contributed by atoms with Crippen molar-refractivity contribution in [1.82, 2.24) is 10.2 Å². The minimum Gasteiger partial charge on any atom is -0.381 e. The highest BCUT2D eigenvalue weighted by molar-refractivity contribution is 4.95. The second kappa shape index (κ2) is 5.48. The highest BCUT2D eigenvalue weighted by Gasteiger charge is 2.34. The van der Waals surface area contributed by atoms with Gasteiger partial charge < -0.3 is 15.0 Å². The number of rotatable bonds is 4. The zero-order chi connectivity index (χ0) is 11.4.